The maximum atomic E-state index is 11.9. The topological polar surface area (TPSA) is 59.5 Å². The lowest BCUT2D eigenvalue weighted by molar-refractivity contribution is -0.133. The molecule has 1 aromatic heterocycles. The number of likely N-dealkylation sites (N-methyl/N-ethyl adjacent to an activating group) is 1. The fraction of sp³-hybridized carbons (Fsp3) is 0.400. The van der Waals surface area contributed by atoms with E-state index < -0.39 is 0 Å². The third kappa shape index (κ3) is 2.96. The monoisotopic (exact) mass is 260 g/mol. The van der Waals surface area contributed by atoms with E-state index in [-0.39, 0.29) is 11.8 Å². The minimum Gasteiger partial charge on any atom is -0.464 e. The smallest absolute Gasteiger partial charge is 0.226 e. The molecule has 4 nitrogen and oxygen atoms in total. The molecule has 0 spiro atoms. The van der Waals surface area contributed by atoms with Crippen molar-refractivity contribution in [2.45, 2.75) is 13.3 Å². The van der Waals surface area contributed by atoms with Crippen molar-refractivity contribution in [1.29, 1.82) is 0 Å². The molecule has 4 heteroatoms. The average molecular weight is 260 g/mol. The van der Waals surface area contributed by atoms with Crippen LogP contribution in [-0.2, 0) is 11.2 Å². The van der Waals surface area contributed by atoms with E-state index in [0.29, 0.717) is 13.1 Å². The maximum absolute atomic E-state index is 11.9. The van der Waals surface area contributed by atoms with Crippen molar-refractivity contribution in [2.24, 2.45) is 11.7 Å². The molecule has 0 fully saturated rings. The number of benzene rings is 1. The lowest BCUT2D eigenvalue weighted by Gasteiger charge is -2.20. The van der Waals surface area contributed by atoms with Gasteiger partial charge in [0, 0.05) is 31.4 Å². The lowest BCUT2D eigenvalue weighted by Crippen LogP contribution is -2.36. The number of hydrogen-bond donors (Lipinski definition) is 1. The highest BCUT2D eigenvalue weighted by Gasteiger charge is 2.16. The second-order valence-electron chi connectivity index (χ2n) is 4.90. The fourth-order valence-electron chi connectivity index (χ4n) is 2.10. The van der Waals surface area contributed by atoms with Gasteiger partial charge in [-0.1, -0.05) is 25.1 Å². The molecule has 0 radical (unpaired) electrons. The van der Waals surface area contributed by atoms with Crippen LogP contribution < -0.4 is 5.73 Å². The van der Waals surface area contributed by atoms with Gasteiger partial charge in [0.15, 0.2) is 0 Å². The quantitative estimate of drug-likeness (QED) is 0.894. The Bertz CT molecular complexity index is 562. The molecular formula is C15H20N2O2. The molecule has 0 saturated carbocycles. The summed E-state index contributed by atoms with van der Waals surface area (Å²) in [6, 6.07) is 7.93. The molecule has 0 aliphatic rings. The number of para-hydroxylation sites is 1. The van der Waals surface area contributed by atoms with E-state index in [0.717, 1.165) is 23.0 Å². The number of nitrogens with two attached hydrogens (primary N) is 1. The highest BCUT2D eigenvalue weighted by molar-refractivity contribution is 5.81. The average Bonchev–Trinajstić information content (AvgIpc) is 2.86. The SMILES string of the molecule is CC(CN)C(=O)N(C)CCc1coc2ccccc12. The molecule has 0 saturated heterocycles. The standard InChI is InChI=1S/C15H20N2O2/c1-11(9-16)15(18)17(2)8-7-12-10-19-14-6-4-3-5-13(12)14/h3-6,10-11H,7-9,16H2,1-2H3. The first-order chi connectivity index (χ1) is 9.13. The fourth-order valence-corrected chi connectivity index (χ4v) is 2.10. The van der Waals surface area contributed by atoms with E-state index >= 15 is 0 Å². The molecule has 0 bridgehead atoms. The van der Waals surface area contributed by atoms with Crippen LogP contribution in [0, 0.1) is 5.92 Å². The summed E-state index contributed by atoms with van der Waals surface area (Å²) in [6.45, 7) is 2.91. The van der Waals surface area contributed by atoms with Gasteiger partial charge >= 0.3 is 0 Å². The molecule has 1 atom stereocenters. The summed E-state index contributed by atoms with van der Waals surface area (Å²) < 4.78 is 5.49. The van der Waals surface area contributed by atoms with Gasteiger partial charge in [0.25, 0.3) is 0 Å². The van der Waals surface area contributed by atoms with Gasteiger partial charge in [-0.15, -0.1) is 0 Å². The third-order valence-electron chi connectivity index (χ3n) is 3.43. The van der Waals surface area contributed by atoms with Crippen molar-refractivity contribution in [1.82, 2.24) is 4.90 Å². The summed E-state index contributed by atoms with van der Waals surface area (Å²) in [5, 5.41) is 1.12. The molecule has 0 aliphatic heterocycles. The van der Waals surface area contributed by atoms with Crippen molar-refractivity contribution in [3.63, 3.8) is 0 Å². The van der Waals surface area contributed by atoms with E-state index in [1.807, 2.05) is 38.2 Å². The minimum atomic E-state index is -0.119. The molecule has 1 unspecified atom stereocenters. The Morgan fingerprint density at radius 1 is 1.42 bits per heavy atom. The van der Waals surface area contributed by atoms with Crippen LogP contribution in [0.1, 0.15) is 12.5 Å². The first kappa shape index (κ1) is 13.6. The number of hydrogen-bond acceptors (Lipinski definition) is 3. The molecule has 2 rings (SSSR count). The highest BCUT2D eigenvalue weighted by Crippen LogP contribution is 2.21. The third-order valence-corrected chi connectivity index (χ3v) is 3.43. The van der Waals surface area contributed by atoms with Crippen molar-refractivity contribution >= 4 is 16.9 Å². The van der Waals surface area contributed by atoms with Gasteiger partial charge in [-0.3, -0.25) is 4.79 Å². The number of fused-ring (bicyclic) bond motifs is 1. The van der Waals surface area contributed by atoms with E-state index in [1.165, 1.54) is 0 Å². The van der Waals surface area contributed by atoms with Crippen LogP contribution in [0.15, 0.2) is 34.9 Å². The van der Waals surface area contributed by atoms with Crippen molar-refractivity contribution in [2.75, 3.05) is 20.1 Å². The Labute approximate surface area is 113 Å². The molecule has 102 valence electrons. The van der Waals surface area contributed by atoms with Gasteiger partial charge < -0.3 is 15.1 Å². The Morgan fingerprint density at radius 2 is 2.16 bits per heavy atom. The van der Waals surface area contributed by atoms with E-state index in [2.05, 4.69) is 0 Å². The van der Waals surface area contributed by atoms with E-state index in [9.17, 15) is 4.79 Å². The molecule has 1 heterocycles. The van der Waals surface area contributed by atoms with Crippen LogP contribution in [-0.4, -0.2) is 30.9 Å². The molecule has 19 heavy (non-hydrogen) atoms. The molecule has 1 aromatic carbocycles. The Morgan fingerprint density at radius 3 is 2.89 bits per heavy atom. The van der Waals surface area contributed by atoms with E-state index in [4.69, 9.17) is 10.2 Å². The van der Waals surface area contributed by atoms with Crippen molar-refractivity contribution in [3.05, 3.63) is 36.1 Å². The highest BCUT2D eigenvalue weighted by atomic mass is 16.3. The van der Waals surface area contributed by atoms with Gasteiger partial charge in [-0.05, 0) is 18.1 Å². The zero-order valence-electron chi connectivity index (χ0n) is 11.4. The normalized spacial score (nSPS) is 12.6. The summed E-state index contributed by atoms with van der Waals surface area (Å²) in [4.78, 5) is 13.7. The van der Waals surface area contributed by atoms with Crippen LogP contribution in [0.3, 0.4) is 0 Å². The van der Waals surface area contributed by atoms with Gasteiger partial charge in [-0.25, -0.2) is 0 Å². The minimum absolute atomic E-state index is 0.0929. The zero-order valence-corrected chi connectivity index (χ0v) is 11.4. The lowest BCUT2D eigenvalue weighted by atomic mass is 10.1. The molecular weight excluding hydrogens is 240 g/mol. The largest absolute Gasteiger partial charge is 0.464 e. The first-order valence-corrected chi connectivity index (χ1v) is 6.53. The van der Waals surface area contributed by atoms with Gasteiger partial charge in [0.1, 0.15) is 5.58 Å². The summed E-state index contributed by atoms with van der Waals surface area (Å²) in [7, 11) is 1.82. The van der Waals surface area contributed by atoms with Crippen molar-refractivity contribution in [3.8, 4) is 0 Å². The van der Waals surface area contributed by atoms with Gasteiger partial charge in [-0.2, -0.15) is 0 Å². The Balaban J connectivity index is 2.01. The summed E-state index contributed by atoms with van der Waals surface area (Å²) in [6.07, 6.45) is 2.56. The van der Waals surface area contributed by atoms with Crippen LogP contribution in [0.5, 0.6) is 0 Å². The molecule has 2 aromatic rings. The Kier molecular flexibility index (Phi) is 4.22. The number of carbonyl (C=O) groups is 1. The maximum Gasteiger partial charge on any atom is 0.226 e. The molecule has 1 amide bonds. The first-order valence-electron chi connectivity index (χ1n) is 6.53. The number of rotatable bonds is 5. The van der Waals surface area contributed by atoms with Gasteiger partial charge in [0.2, 0.25) is 5.91 Å². The summed E-state index contributed by atoms with van der Waals surface area (Å²) in [5.74, 6) is -0.0265. The van der Waals surface area contributed by atoms with Crippen LogP contribution in [0.25, 0.3) is 11.0 Å². The molecule has 0 aliphatic carbocycles. The zero-order chi connectivity index (χ0) is 13.8. The van der Waals surface area contributed by atoms with Gasteiger partial charge in [0.05, 0.1) is 6.26 Å². The number of furan rings is 1. The summed E-state index contributed by atoms with van der Waals surface area (Å²) in [5.41, 5.74) is 7.54. The second-order valence-corrected chi connectivity index (χ2v) is 4.90. The predicted octanol–water partition coefficient (Wildman–Crippen LogP) is 2.03. The second kappa shape index (κ2) is 5.89. The van der Waals surface area contributed by atoms with Crippen molar-refractivity contribution < 1.29 is 9.21 Å². The predicted molar refractivity (Wildman–Crippen MR) is 75.8 cm³/mol. The van der Waals surface area contributed by atoms with Crippen LogP contribution in [0.4, 0.5) is 0 Å². The van der Waals surface area contributed by atoms with Crippen LogP contribution in [0.2, 0.25) is 0 Å². The van der Waals surface area contributed by atoms with E-state index in [1.54, 1.807) is 11.2 Å². The van der Waals surface area contributed by atoms with Crippen LogP contribution >= 0.6 is 0 Å². The summed E-state index contributed by atoms with van der Waals surface area (Å²) >= 11 is 0. The number of amides is 1. The molecule has 2 N–H and O–H groups in total. The number of nitrogens with zero attached hydrogens (tertiary/aromatic N) is 1. The number of carbonyl (C=O) groups excluding carboxylic acids is 1. The Hall–Kier alpha value is -1.81.